The van der Waals surface area contributed by atoms with E-state index >= 15 is 0 Å². The van der Waals surface area contributed by atoms with Crippen LogP contribution >= 0.6 is 0 Å². The Labute approximate surface area is 153 Å². The van der Waals surface area contributed by atoms with Gasteiger partial charge < -0.3 is 37.6 Å². The van der Waals surface area contributed by atoms with E-state index in [1.807, 2.05) is 5.32 Å². The highest BCUT2D eigenvalue weighted by Crippen LogP contribution is 1.98. The Kier molecular flexibility index (Phi) is 9.42. The van der Waals surface area contributed by atoms with Crippen LogP contribution in [-0.4, -0.2) is 69.9 Å². The maximum atomic E-state index is 12.1. The van der Waals surface area contributed by atoms with Gasteiger partial charge >= 0.3 is 11.9 Å². The molecule has 4 unspecified atom stereocenters. The van der Waals surface area contributed by atoms with Gasteiger partial charge in [0.1, 0.15) is 18.1 Å². The number of hydrogen-bond acceptors (Lipinski definition) is 7. The van der Waals surface area contributed by atoms with Gasteiger partial charge in [0.25, 0.3) is 0 Å². The monoisotopic (exact) mass is 389 g/mol. The van der Waals surface area contributed by atoms with Crippen LogP contribution in [0.3, 0.4) is 0 Å². The largest absolute Gasteiger partial charge is 0.481 e. The van der Waals surface area contributed by atoms with Gasteiger partial charge in [-0.15, -0.1) is 0 Å². The van der Waals surface area contributed by atoms with Crippen molar-refractivity contribution in [2.75, 3.05) is 0 Å². The lowest BCUT2D eigenvalue weighted by molar-refractivity contribution is -0.144. The normalized spacial score (nSPS) is 14.8. The predicted octanol–water partition coefficient (Wildman–Crippen LogP) is -3.76. The lowest BCUT2D eigenvalue weighted by atomic mass is 10.1. The number of nitrogens with two attached hydrogens (primary N) is 2. The number of nitrogens with one attached hydrogen (secondary N) is 3. The molecule has 0 fully saturated rings. The zero-order valence-corrected chi connectivity index (χ0v) is 14.7. The summed E-state index contributed by atoms with van der Waals surface area (Å²) in [4.78, 5) is 68.4. The molecule has 0 spiro atoms. The minimum absolute atomic E-state index is 0.659. The van der Waals surface area contributed by atoms with Gasteiger partial charge in [-0.05, 0) is 13.8 Å². The summed E-state index contributed by atoms with van der Waals surface area (Å²) in [6.45, 7) is 2.52. The average Bonchev–Trinajstić information content (AvgIpc) is 2.51. The van der Waals surface area contributed by atoms with Crippen molar-refractivity contribution in [2.45, 2.75) is 50.9 Å². The number of carboxylic acids is 2. The van der Waals surface area contributed by atoms with E-state index in [1.165, 1.54) is 13.8 Å². The van der Waals surface area contributed by atoms with E-state index in [4.69, 9.17) is 21.7 Å². The number of aliphatic carboxylic acids is 2. The van der Waals surface area contributed by atoms with Crippen LogP contribution in [0.25, 0.3) is 0 Å². The minimum Gasteiger partial charge on any atom is -0.481 e. The van der Waals surface area contributed by atoms with Gasteiger partial charge in [-0.1, -0.05) is 0 Å². The summed E-state index contributed by atoms with van der Waals surface area (Å²) in [5.74, 6) is -6.57. The number of carbonyl (C=O) groups is 6. The number of rotatable bonds is 11. The van der Waals surface area contributed by atoms with E-state index in [9.17, 15) is 28.8 Å². The van der Waals surface area contributed by atoms with Crippen LogP contribution in [0.5, 0.6) is 0 Å². The molecule has 4 amide bonds. The zero-order chi connectivity index (χ0) is 21.3. The van der Waals surface area contributed by atoms with Crippen molar-refractivity contribution in [3.8, 4) is 0 Å². The molecule has 4 atom stereocenters. The van der Waals surface area contributed by atoms with Crippen molar-refractivity contribution in [2.24, 2.45) is 11.5 Å². The number of hydrogen-bond donors (Lipinski definition) is 7. The summed E-state index contributed by atoms with van der Waals surface area (Å²) in [7, 11) is 0. The Morgan fingerprint density at radius 2 is 1.33 bits per heavy atom. The van der Waals surface area contributed by atoms with Crippen molar-refractivity contribution in [3.63, 3.8) is 0 Å². The topological polar surface area (TPSA) is 231 Å². The quantitative estimate of drug-likeness (QED) is 0.183. The summed E-state index contributed by atoms with van der Waals surface area (Å²) in [5, 5.41) is 24.1. The molecule has 0 bridgehead atoms. The fourth-order valence-corrected chi connectivity index (χ4v) is 1.76. The van der Waals surface area contributed by atoms with Crippen molar-refractivity contribution < 1.29 is 39.0 Å². The van der Waals surface area contributed by atoms with Gasteiger partial charge in [0.15, 0.2) is 0 Å². The first-order valence-electron chi connectivity index (χ1n) is 7.74. The van der Waals surface area contributed by atoms with Crippen molar-refractivity contribution >= 4 is 35.6 Å². The Morgan fingerprint density at radius 1 is 0.815 bits per heavy atom. The second-order valence-corrected chi connectivity index (χ2v) is 5.75. The molecule has 0 saturated heterocycles. The van der Waals surface area contributed by atoms with Gasteiger partial charge in [-0.2, -0.15) is 0 Å². The van der Waals surface area contributed by atoms with E-state index in [1.54, 1.807) is 0 Å². The van der Waals surface area contributed by atoms with Crippen LogP contribution in [-0.2, 0) is 28.8 Å². The predicted molar refractivity (Wildman–Crippen MR) is 88.8 cm³/mol. The maximum absolute atomic E-state index is 12.1. The molecule has 0 heterocycles. The van der Waals surface area contributed by atoms with Crippen LogP contribution in [0.2, 0.25) is 0 Å². The third-order valence-electron chi connectivity index (χ3n) is 3.20. The first-order valence-corrected chi connectivity index (χ1v) is 7.74. The summed E-state index contributed by atoms with van der Waals surface area (Å²) in [6.07, 6.45) is -1.42. The number of primary amides is 1. The minimum atomic E-state index is -1.60. The van der Waals surface area contributed by atoms with E-state index in [0.717, 1.165) is 0 Å². The summed E-state index contributed by atoms with van der Waals surface area (Å²) in [5.41, 5.74) is 10.2. The summed E-state index contributed by atoms with van der Waals surface area (Å²) >= 11 is 0. The summed E-state index contributed by atoms with van der Waals surface area (Å²) in [6, 6.07) is -5.39. The third kappa shape index (κ3) is 9.15. The maximum Gasteiger partial charge on any atom is 0.326 e. The number of carbonyl (C=O) groups excluding carboxylic acids is 4. The second-order valence-electron chi connectivity index (χ2n) is 5.75. The van der Waals surface area contributed by atoms with Gasteiger partial charge in [0, 0.05) is 0 Å². The summed E-state index contributed by atoms with van der Waals surface area (Å²) < 4.78 is 0. The van der Waals surface area contributed by atoms with Gasteiger partial charge in [0.05, 0.1) is 18.9 Å². The lowest BCUT2D eigenvalue weighted by Gasteiger charge is -2.22. The molecule has 0 aromatic rings. The molecule has 0 aliphatic heterocycles. The van der Waals surface area contributed by atoms with E-state index in [-0.39, 0.29) is 0 Å². The van der Waals surface area contributed by atoms with Crippen molar-refractivity contribution in [1.82, 2.24) is 16.0 Å². The fourth-order valence-electron chi connectivity index (χ4n) is 1.76. The molecule has 27 heavy (non-hydrogen) atoms. The molecule has 152 valence electrons. The number of carboxylic acid groups (broad SMARTS) is 2. The SMILES string of the molecule is CC(N)C(=O)NC(CC(=O)O)C(=O)NC(C)C(=O)NC(CC(N)=O)C(=O)O. The molecule has 0 aliphatic rings. The Balaban J connectivity index is 5.00. The van der Waals surface area contributed by atoms with Gasteiger partial charge in [-0.3, -0.25) is 24.0 Å². The number of amides is 4. The third-order valence-corrected chi connectivity index (χ3v) is 3.20. The highest BCUT2D eigenvalue weighted by Gasteiger charge is 2.29. The standard InChI is InChI=1S/C14H23N5O8/c1-5(15)11(23)18-7(4-10(21)22)13(25)17-6(2)12(24)19-8(14(26)27)3-9(16)20/h5-8H,3-4,15H2,1-2H3,(H2,16,20)(H,17,25)(H,18,23)(H,19,24)(H,21,22)(H,26,27). The van der Waals surface area contributed by atoms with Crippen LogP contribution in [0.15, 0.2) is 0 Å². The molecule has 0 rings (SSSR count). The van der Waals surface area contributed by atoms with E-state index in [2.05, 4.69) is 10.6 Å². The lowest BCUT2D eigenvalue weighted by Crippen LogP contribution is -2.56. The first kappa shape index (κ1) is 23.8. The highest BCUT2D eigenvalue weighted by atomic mass is 16.4. The Morgan fingerprint density at radius 3 is 1.74 bits per heavy atom. The smallest absolute Gasteiger partial charge is 0.326 e. The molecular weight excluding hydrogens is 366 g/mol. The van der Waals surface area contributed by atoms with Crippen LogP contribution < -0.4 is 27.4 Å². The molecular formula is C14H23N5O8. The van der Waals surface area contributed by atoms with E-state index < -0.39 is 72.6 Å². The van der Waals surface area contributed by atoms with Gasteiger partial charge in [0.2, 0.25) is 23.6 Å². The van der Waals surface area contributed by atoms with Crippen molar-refractivity contribution in [1.29, 1.82) is 0 Å². The molecule has 0 aliphatic carbocycles. The molecule has 0 aromatic heterocycles. The molecule has 9 N–H and O–H groups in total. The molecule has 13 nitrogen and oxygen atoms in total. The highest BCUT2D eigenvalue weighted by molar-refractivity contribution is 5.95. The van der Waals surface area contributed by atoms with Gasteiger partial charge in [-0.25, -0.2) is 4.79 Å². The molecule has 13 heteroatoms. The Bertz CT molecular complexity index is 621. The Hall–Kier alpha value is -3.22. The van der Waals surface area contributed by atoms with E-state index in [0.29, 0.717) is 0 Å². The molecule has 0 radical (unpaired) electrons. The van der Waals surface area contributed by atoms with Crippen LogP contribution in [0.4, 0.5) is 0 Å². The van der Waals surface area contributed by atoms with Crippen LogP contribution in [0.1, 0.15) is 26.7 Å². The fraction of sp³-hybridized carbons (Fsp3) is 0.571. The average molecular weight is 389 g/mol. The first-order chi connectivity index (χ1) is 12.3. The zero-order valence-electron chi connectivity index (χ0n) is 14.7. The molecule has 0 aromatic carbocycles. The van der Waals surface area contributed by atoms with Crippen molar-refractivity contribution in [3.05, 3.63) is 0 Å². The second kappa shape index (κ2) is 10.7. The van der Waals surface area contributed by atoms with Crippen LogP contribution in [0, 0.1) is 0 Å². The molecule has 0 saturated carbocycles.